The Balaban J connectivity index is 0.00000156. The van der Waals surface area contributed by atoms with Crippen molar-refractivity contribution in [3.8, 4) is 5.75 Å². The second-order valence-corrected chi connectivity index (χ2v) is 4.97. The molecule has 0 unspecified atom stereocenters. The first kappa shape index (κ1) is 15.1. The predicted molar refractivity (Wildman–Crippen MR) is 94.9 cm³/mol. The number of methoxy groups -OCH3 is 1. The second-order valence-electron chi connectivity index (χ2n) is 4.97. The lowest BCUT2D eigenvalue weighted by atomic mass is 10.1. The molecule has 4 aromatic rings. The highest BCUT2D eigenvalue weighted by atomic mass is 35.5. The highest BCUT2D eigenvalue weighted by molar-refractivity contribution is 6.09. The van der Waals surface area contributed by atoms with Gasteiger partial charge in [0, 0.05) is 22.8 Å². The maximum Gasteiger partial charge on any atom is 0.119 e. The highest BCUT2D eigenvalue weighted by Gasteiger charge is 2.08. The first-order valence-electron chi connectivity index (χ1n) is 6.97. The number of aromatic amines is 1. The molecule has 4 rings (SSSR count). The number of H-pyrrole nitrogens is 1. The van der Waals surface area contributed by atoms with E-state index in [1.165, 1.54) is 0 Å². The summed E-state index contributed by atoms with van der Waals surface area (Å²) in [6, 6.07) is 13.8. The fourth-order valence-corrected chi connectivity index (χ4v) is 2.59. The molecule has 2 N–H and O–H groups in total. The van der Waals surface area contributed by atoms with E-state index in [9.17, 15) is 0 Å². The van der Waals surface area contributed by atoms with Gasteiger partial charge in [-0.3, -0.25) is 0 Å². The molecule has 0 saturated carbocycles. The minimum Gasteiger partial charge on any atom is -0.497 e. The summed E-state index contributed by atoms with van der Waals surface area (Å²) >= 11 is 0. The lowest BCUT2D eigenvalue weighted by Gasteiger charge is -2.11. The predicted octanol–water partition coefficient (Wildman–Crippen LogP) is 4.29. The average Bonchev–Trinajstić information content (AvgIpc) is 3.04. The molecule has 0 saturated heterocycles. The third kappa shape index (κ3) is 2.66. The molecule has 0 aliphatic heterocycles. The molecule has 23 heavy (non-hydrogen) atoms. The summed E-state index contributed by atoms with van der Waals surface area (Å²) < 4.78 is 5.19. The van der Waals surface area contributed by atoms with E-state index in [-0.39, 0.29) is 12.4 Å². The van der Waals surface area contributed by atoms with Crippen molar-refractivity contribution >= 4 is 45.7 Å². The van der Waals surface area contributed by atoms with Crippen molar-refractivity contribution in [2.24, 2.45) is 0 Å². The lowest BCUT2D eigenvalue weighted by molar-refractivity contribution is 0.415. The number of fused-ring (bicyclic) bond motifs is 3. The molecule has 0 fully saturated rings. The van der Waals surface area contributed by atoms with Gasteiger partial charge < -0.3 is 15.0 Å². The first-order valence-corrected chi connectivity index (χ1v) is 6.97. The number of hydrogen-bond acceptors (Lipinski definition) is 4. The number of halogens is 1. The minimum atomic E-state index is 0. The number of nitrogens with one attached hydrogen (secondary N) is 2. The van der Waals surface area contributed by atoms with Crippen molar-refractivity contribution in [3.63, 3.8) is 0 Å². The highest BCUT2D eigenvalue weighted by Crippen LogP contribution is 2.30. The average molecular weight is 327 g/mol. The SMILES string of the molecule is COc1ccc(Nc2cc[nH]c3ccc4ncnc4c23)cc1.Cl. The number of hydrogen-bond donors (Lipinski definition) is 2. The van der Waals surface area contributed by atoms with Crippen LogP contribution in [0.25, 0.3) is 21.9 Å². The molecule has 2 heterocycles. The van der Waals surface area contributed by atoms with Gasteiger partial charge >= 0.3 is 0 Å². The zero-order chi connectivity index (χ0) is 14.9. The van der Waals surface area contributed by atoms with Gasteiger partial charge in [-0.1, -0.05) is 0 Å². The first-order chi connectivity index (χ1) is 10.8. The molecule has 0 spiro atoms. The molecule has 116 valence electrons. The molecule has 6 heteroatoms. The monoisotopic (exact) mass is 326 g/mol. The summed E-state index contributed by atoms with van der Waals surface area (Å²) in [4.78, 5) is 11.9. The summed E-state index contributed by atoms with van der Waals surface area (Å²) in [5.41, 5.74) is 4.79. The van der Waals surface area contributed by atoms with Gasteiger partial charge in [-0.2, -0.15) is 0 Å². The van der Waals surface area contributed by atoms with E-state index < -0.39 is 0 Å². The van der Waals surface area contributed by atoms with Gasteiger partial charge in [0.05, 0.1) is 18.3 Å². The van der Waals surface area contributed by atoms with Crippen molar-refractivity contribution in [2.45, 2.75) is 0 Å². The number of pyridine rings is 1. The number of anilines is 2. The minimum absolute atomic E-state index is 0. The van der Waals surface area contributed by atoms with Crippen LogP contribution in [0.3, 0.4) is 0 Å². The van der Waals surface area contributed by atoms with E-state index in [0.29, 0.717) is 0 Å². The molecule has 0 bridgehead atoms. The summed E-state index contributed by atoms with van der Waals surface area (Å²) in [6.07, 6.45) is 3.50. The largest absolute Gasteiger partial charge is 0.497 e. The van der Waals surface area contributed by atoms with Crippen LogP contribution in [-0.2, 0) is 0 Å². The summed E-state index contributed by atoms with van der Waals surface area (Å²) in [5, 5.41) is 4.47. The van der Waals surface area contributed by atoms with E-state index in [1.807, 2.05) is 48.7 Å². The van der Waals surface area contributed by atoms with Crippen LogP contribution >= 0.6 is 12.4 Å². The molecule has 0 amide bonds. The van der Waals surface area contributed by atoms with Crippen LogP contribution in [0.2, 0.25) is 0 Å². The van der Waals surface area contributed by atoms with Crippen molar-refractivity contribution < 1.29 is 4.74 Å². The van der Waals surface area contributed by atoms with Gasteiger partial charge in [-0.15, -0.1) is 12.4 Å². The maximum absolute atomic E-state index is 5.19. The zero-order valence-electron chi connectivity index (χ0n) is 12.4. The Morgan fingerprint density at radius 2 is 1.83 bits per heavy atom. The molecular formula is C17H15ClN4O. The van der Waals surface area contributed by atoms with Crippen molar-refractivity contribution in [3.05, 3.63) is 55.0 Å². The third-order valence-corrected chi connectivity index (χ3v) is 3.67. The standard InChI is InChI=1S/C17H14N4O.ClH/c1-22-12-4-2-11(3-5-12)21-14-8-9-18-13-6-7-15-17(16(13)14)20-10-19-15;/h2-10,18,21H,1H3;1H. The molecular weight excluding hydrogens is 312 g/mol. The van der Waals surface area contributed by atoms with E-state index in [0.717, 1.165) is 39.1 Å². The molecule has 0 radical (unpaired) electrons. The zero-order valence-corrected chi connectivity index (χ0v) is 13.2. The Morgan fingerprint density at radius 3 is 2.61 bits per heavy atom. The van der Waals surface area contributed by atoms with E-state index in [4.69, 9.17) is 4.74 Å². The van der Waals surface area contributed by atoms with E-state index in [2.05, 4.69) is 20.3 Å². The van der Waals surface area contributed by atoms with E-state index >= 15 is 0 Å². The van der Waals surface area contributed by atoms with Gasteiger partial charge in [-0.25, -0.2) is 9.97 Å². The number of benzene rings is 2. The Bertz CT molecular complexity index is 950. The molecule has 5 nitrogen and oxygen atoms in total. The van der Waals surface area contributed by atoms with Gasteiger partial charge in [0.1, 0.15) is 17.6 Å². The smallest absolute Gasteiger partial charge is 0.119 e. The van der Waals surface area contributed by atoms with Gasteiger partial charge in [0.25, 0.3) is 0 Å². The third-order valence-electron chi connectivity index (χ3n) is 3.67. The van der Waals surface area contributed by atoms with Crippen LogP contribution < -0.4 is 10.1 Å². The van der Waals surface area contributed by atoms with Crippen molar-refractivity contribution in [1.29, 1.82) is 0 Å². The number of ether oxygens (including phenoxy) is 1. The Labute approximate surface area is 139 Å². The number of aromatic nitrogens is 3. The van der Waals surface area contributed by atoms with Crippen molar-refractivity contribution in [2.75, 3.05) is 12.4 Å². The molecule has 0 aliphatic rings. The van der Waals surface area contributed by atoms with Crippen LogP contribution in [0, 0.1) is 0 Å². The van der Waals surface area contributed by atoms with Crippen molar-refractivity contribution in [1.82, 2.24) is 15.0 Å². The molecule has 2 aromatic carbocycles. The quantitative estimate of drug-likeness (QED) is 0.589. The number of nitrogens with zero attached hydrogens (tertiary/aromatic N) is 2. The fourth-order valence-electron chi connectivity index (χ4n) is 2.59. The molecule has 0 atom stereocenters. The second kappa shape index (κ2) is 6.14. The Hall–Kier alpha value is -2.79. The summed E-state index contributed by atoms with van der Waals surface area (Å²) in [7, 11) is 1.66. The van der Waals surface area contributed by atoms with Crippen LogP contribution in [0.1, 0.15) is 0 Å². The molecule has 0 aliphatic carbocycles. The number of imidazole rings is 1. The summed E-state index contributed by atoms with van der Waals surface area (Å²) in [5.74, 6) is 0.834. The normalized spacial score (nSPS) is 10.5. The van der Waals surface area contributed by atoms with Crippen LogP contribution in [0.5, 0.6) is 5.75 Å². The number of rotatable bonds is 3. The lowest BCUT2D eigenvalue weighted by Crippen LogP contribution is -1.93. The van der Waals surface area contributed by atoms with Crippen LogP contribution in [-0.4, -0.2) is 22.1 Å². The van der Waals surface area contributed by atoms with Gasteiger partial charge in [-0.05, 0) is 42.5 Å². The van der Waals surface area contributed by atoms with Crippen LogP contribution in [0.4, 0.5) is 11.4 Å². The van der Waals surface area contributed by atoms with Gasteiger partial charge in [0.15, 0.2) is 0 Å². The molecule has 2 aromatic heterocycles. The Kier molecular flexibility index (Phi) is 4.04. The van der Waals surface area contributed by atoms with Gasteiger partial charge in [0.2, 0.25) is 0 Å². The fraction of sp³-hybridized carbons (Fsp3) is 0.0588. The summed E-state index contributed by atoms with van der Waals surface area (Å²) in [6.45, 7) is 0. The maximum atomic E-state index is 5.19. The topological polar surface area (TPSA) is 62.8 Å². The Morgan fingerprint density at radius 1 is 1.00 bits per heavy atom. The van der Waals surface area contributed by atoms with E-state index in [1.54, 1.807) is 13.4 Å². The van der Waals surface area contributed by atoms with Crippen LogP contribution in [0.15, 0.2) is 55.0 Å².